The molecule has 114 valence electrons. The predicted octanol–water partition coefficient (Wildman–Crippen LogP) is 1.43. The third kappa shape index (κ3) is 4.75. The molecule has 8 heteroatoms. The largest absolute Gasteiger partial charge is 0.433 e. The van der Waals surface area contributed by atoms with Crippen molar-refractivity contribution in [1.29, 1.82) is 0 Å². The molecule has 0 saturated carbocycles. The quantitative estimate of drug-likeness (QED) is 0.667. The number of carbonyl (C=O) groups excluding carboxylic acids is 1. The summed E-state index contributed by atoms with van der Waals surface area (Å²) in [6.45, 7) is 0.328. The third-order valence-electron chi connectivity index (χ3n) is 2.95. The molecule has 1 aromatic rings. The molecule has 1 amide bonds. The fourth-order valence-corrected chi connectivity index (χ4v) is 5.04. The number of sulfone groups is 1. The fraction of sp³-hybridized carbons (Fsp3) is 0.385. The summed E-state index contributed by atoms with van der Waals surface area (Å²) in [5, 5.41) is 6.00. The molecule has 1 saturated heterocycles. The van der Waals surface area contributed by atoms with Gasteiger partial charge in [-0.15, -0.1) is 0 Å². The summed E-state index contributed by atoms with van der Waals surface area (Å²) in [4.78, 5) is 16.3. The van der Waals surface area contributed by atoms with Crippen molar-refractivity contribution in [3.8, 4) is 0 Å². The second-order valence-corrected chi connectivity index (χ2v) is 7.73. The number of carbonyl (C=O) groups is 1. The van der Waals surface area contributed by atoms with Crippen LogP contribution < -0.4 is 5.32 Å². The van der Waals surface area contributed by atoms with Crippen molar-refractivity contribution >= 4 is 33.4 Å². The molecule has 1 heterocycles. The zero-order chi connectivity index (χ0) is 15.3. The van der Waals surface area contributed by atoms with E-state index < -0.39 is 15.9 Å². The van der Waals surface area contributed by atoms with E-state index in [2.05, 4.69) is 10.5 Å². The molecular formula is C13H16N2O4S2. The summed E-state index contributed by atoms with van der Waals surface area (Å²) in [6, 6.07) is 9.37. The Hall–Kier alpha value is -1.54. The van der Waals surface area contributed by atoms with E-state index in [1.54, 1.807) is 6.26 Å². The Balaban J connectivity index is 1.87. The maximum atomic E-state index is 11.5. The van der Waals surface area contributed by atoms with Crippen LogP contribution in [-0.2, 0) is 21.2 Å². The van der Waals surface area contributed by atoms with Gasteiger partial charge in [0.25, 0.3) is 0 Å². The van der Waals surface area contributed by atoms with E-state index in [-0.39, 0.29) is 16.8 Å². The van der Waals surface area contributed by atoms with E-state index in [1.165, 1.54) is 11.8 Å². The lowest BCUT2D eigenvalue weighted by Crippen LogP contribution is -2.23. The summed E-state index contributed by atoms with van der Waals surface area (Å²) in [7, 11) is -3.12. The van der Waals surface area contributed by atoms with Crippen LogP contribution in [0.4, 0.5) is 4.79 Å². The first-order valence-corrected chi connectivity index (χ1v) is 9.40. The van der Waals surface area contributed by atoms with E-state index in [0.29, 0.717) is 12.3 Å². The van der Waals surface area contributed by atoms with Gasteiger partial charge in [0.05, 0.1) is 22.5 Å². The molecule has 0 aliphatic carbocycles. The van der Waals surface area contributed by atoms with Gasteiger partial charge in [0.1, 0.15) is 0 Å². The highest BCUT2D eigenvalue weighted by Crippen LogP contribution is 2.20. The minimum Gasteiger partial charge on any atom is -0.316 e. The highest BCUT2D eigenvalue weighted by Gasteiger charge is 2.34. The summed E-state index contributed by atoms with van der Waals surface area (Å²) < 4.78 is 23.0. The summed E-state index contributed by atoms with van der Waals surface area (Å²) >= 11 is 1.38. The molecule has 1 aromatic carbocycles. The van der Waals surface area contributed by atoms with Crippen LogP contribution in [0.15, 0.2) is 35.5 Å². The van der Waals surface area contributed by atoms with E-state index in [0.717, 1.165) is 5.56 Å². The van der Waals surface area contributed by atoms with Crippen molar-refractivity contribution in [3.05, 3.63) is 35.9 Å². The molecule has 2 rings (SSSR count). The summed E-state index contributed by atoms with van der Waals surface area (Å²) in [5.41, 5.74) is 1.32. The van der Waals surface area contributed by atoms with Crippen LogP contribution in [-0.4, -0.2) is 43.2 Å². The third-order valence-corrected chi connectivity index (χ3v) is 5.75. The summed E-state index contributed by atoms with van der Waals surface area (Å²) in [5.74, 6) is -0.105. The molecule has 1 fully saturated rings. The monoisotopic (exact) mass is 328 g/mol. The predicted molar refractivity (Wildman–Crippen MR) is 83.2 cm³/mol. The highest BCUT2D eigenvalue weighted by atomic mass is 32.2. The van der Waals surface area contributed by atoms with Crippen molar-refractivity contribution < 1.29 is 18.0 Å². The second kappa shape index (κ2) is 6.95. The van der Waals surface area contributed by atoms with Crippen LogP contribution in [0.5, 0.6) is 0 Å². The minimum absolute atomic E-state index is 0.0436. The molecular weight excluding hydrogens is 312 g/mol. The van der Waals surface area contributed by atoms with Gasteiger partial charge in [0, 0.05) is 6.54 Å². The molecule has 0 spiro atoms. The van der Waals surface area contributed by atoms with E-state index in [1.807, 2.05) is 30.3 Å². The molecule has 1 unspecified atom stereocenters. The number of rotatable bonds is 4. The van der Waals surface area contributed by atoms with Crippen LogP contribution in [0, 0.1) is 0 Å². The first kappa shape index (κ1) is 15.8. The van der Waals surface area contributed by atoms with Gasteiger partial charge in [-0.25, -0.2) is 13.2 Å². The van der Waals surface area contributed by atoms with Gasteiger partial charge in [-0.3, -0.25) is 4.84 Å². The number of oxime groups is 1. The SMILES string of the molecule is CSC1CS(=O)(=O)C/C1=N\OC(=O)NCc1ccccc1. The van der Waals surface area contributed by atoms with Gasteiger partial charge in [-0.05, 0) is 11.8 Å². The smallest absolute Gasteiger partial charge is 0.316 e. The van der Waals surface area contributed by atoms with Crippen molar-refractivity contribution in [1.82, 2.24) is 5.32 Å². The van der Waals surface area contributed by atoms with Gasteiger partial charge in [-0.1, -0.05) is 35.5 Å². The van der Waals surface area contributed by atoms with Gasteiger partial charge in [0.2, 0.25) is 0 Å². The average Bonchev–Trinajstić information content (AvgIpc) is 2.78. The first-order chi connectivity index (χ1) is 10.00. The number of thioether (sulfide) groups is 1. The van der Waals surface area contributed by atoms with Gasteiger partial charge in [-0.2, -0.15) is 11.8 Å². The number of nitrogens with one attached hydrogen (secondary N) is 1. The molecule has 1 aliphatic heterocycles. The van der Waals surface area contributed by atoms with Crippen molar-refractivity contribution in [3.63, 3.8) is 0 Å². The number of hydrogen-bond acceptors (Lipinski definition) is 6. The van der Waals surface area contributed by atoms with Crippen LogP contribution in [0.1, 0.15) is 5.56 Å². The lowest BCUT2D eigenvalue weighted by molar-refractivity contribution is 0.150. The number of nitrogens with zero attached hydrogens (tertiary/aromatic N) is 1. The lowest BCUT2D eigenvalue weighted by atomic mass is 10.2. The molecule has 0 radical (unpaired) electrons. The highest BCUT2D eigenvalue weighted by molar-refractivity contribution is 8.02. The molecule has 1 aliphatic rings. The maximum absolute atomic E-state index is 11.5. The minimum atomic E-state index is -3.12. The maximum Gasteiger partial charge on any atom is 0.433 e. The second-order valence-electron chi connectivity index (χ2n) is 4.58. The lowest BCUT2D eigenvalue weighted by Gasteiger charge is -2.05. The van der Waals surface area contributed by atoms with Gasteiger partial charge in [0.15, 0.2) is 9.84 Å². The van der Waals surface area contributed by atoms with Crippen LogP contribution in [0.2, 0.25) is 0 Å². The molecule has 21 heavy (non-hydrogen) atoms. The van der Waals surface area contributed by atoms with Gasteiger partial charge < -0.3 is 5.32 Å². The zero-order valence-corrected chi connectivity index (χ0v) is 13.1. The fourth-order valence-electron chi connectivity index (χ4n) is 1.90. The molecule has 1 N–H and O–H groups in total. The Morgan fingerprint density at radius 2 is 2.14 bits per heavy atom. The molecule has 1 atom stereocenters. The van der Waals surface area contributed by atoms with Crippen molar-refractivity contribution in [2.24, 2.45) is 5.16 Å². The molecule has 0 bridgehead atoms. The van der Waals surface area contributed by atoms with E-state index in [9.17, 15) is 13.2 Å². The normalized spacial score (nSPS) is 22.1. The Labute approximate surface area is 127 Å². The first-order valence-electron chi connectivity index (χ1n) is 6.29. The van der Waals surface area contributed by atoms with Crippen molar-refractivity contribution in [2.45, 2.75) is 11.8 Å². The standard InChI is InChI=1S/C13H16N2O4S2/c1-20-12-9-21(17,18)8-11(12)15-19-13(16)14-7-10-5-3-2-4-6-10/h2-6,12H,7-9H2,1H3,(H,14,16)/b15-11+. The average molecular weight is 328 g/mol. The number of amides is 1. The zero-order valence-electron chi connectivity index (χ0n) is 11.5. The topological polar surface area (TPSA) is 84.8 Å². The van der Waals surface area contributed by atoms with Crippen LogP contribution >= 0.6 is 11.8 Å². The Morgan fingerprint density at radius 1 is 1.43 bits per heavy atom. The molecule has 6 nitrogen and oxygen atoms in total. The van der Waals surface area contributed by atoms with Crippen LogP contribution in [0.3, 0.4) is 0 Å². The Morgan fingerprint density at radius 3 is 2.81 bits per heavy atom. The van der Waals surface area contributed by atoms with Crippen LogP contribution in [0.25, 0.3) is 0 Å². The van der Waals surface area contributed by atoms with Gasteiger partial charge >= 0.3 is 6.09 Å². The number of hydrogen-bond donors (Lipinski definition) is 1. The van der Waals surface area contributed by atoms with Crippen molar-refractivity contribution in [2.75, 3.05) is 17.8 Å². The summed E-state index contributed by atoms with van der Waals surface area (Å²) in [6.07, 6.45) is 1.10. The molecule has 0 aromatic heterocycles. The Kier molecular flexibility index (Phi) is 5.24. The Bertz CT molecular complexity index is 629. The number of benzene rings is 1. The van der Waals surface area contributed by atoms with E-state index >= 15 is 0 Å². The van der Waals surface area contributed by atoms with E-state index in [4.69, 9.17) is 4.84 Å².